The van der Waals surface area contributed by atoms with Gasteiger partial charge in [-0.1, -0.05) is 19.1 Å². The number of hydrogen-bond donors (Lipinski definition) is 1. The molecule has 2 aliphatic rings. The summed E-state index contributed by atoms with van der Waals surface area (Å²) in [5, 5.41) is 3.45. The third-order valence-electron chi connectivity index (χ3n) is 5.57. The molecule has 1 N–H and O–H groups in total. The van der Waals surface area contributed by atoms with E-state index in [0.29, 0.717) is 6.04 Å². The highest BCUT2D eigenvalue weighted by Gasteiger charge is 2.26. The van der Waals surface area contributed by atoms with Crippen LogP contribution in [0.15, 0.2) is 18.2 Å². The second kappa shape index (κ2) is 8.84. The zero-order valence-corrected chi connectivity index (χ0v) is 15.4. The summed E-state index contributed by atoms with van der Waals surface area (Å²) in [6, 6.07) is 7.23. The van der Waals surface area contributed by atoms with Crippen LogP contribution in [0.4, 0.5) is 0 Å². The third kappa shape index (κ3) is 4.29. The van der Waals surface area contributed by atoms with Crippen molar-refractivity contribution in [1.29, 1.82) is 0 Å². The molecule has 1 aromatic rings. The van der Waals surface area contributed by atoms with Gasteiger partial charge in [0.15, 0.2) is 0 Å². The zero-order chi connectivity index (χ0) is 16.8. The minimum atomic E-state index is 0.687. The molecule has 1 aliphatic carbocycles. The van der Waals surface area contributed by atoms with Crippen LogP contribution >= 0.6 is 0 Å². The lowest BCUT2D eigenvalue weighted by molar-refractivity contribution is 0.142. The molecule has 0 bridgehead atoms. The molecule has 0 radical (unpaired) electrons. The second-order valence-electron chi connectivity index (χ2n) is 7.12. The molecule has 1 aromatic carbocycles. The molecule has 1 aliphatic heterocycles. The average molecular weight is 332 g/mol. The van der Waals surface area contributed by atoms with Crippen LogP contribution in [0.3, 0.4) is 0 Å². The summed E-state index contributed by atoms with van der Waals surface area (Å²) in [6.07, 6.45) is 4.82. The molecule has 1 atom stereocenters. The standard InChI is InChI=1S/C20H33N3O/c1-3-11-23(15-14-22-12-9-21-10-13-22)18-7-8-19-17(16-18)5-4-6-20(19)24-2/h4-6,18,21H,3,7-16H2,1-2H3. The van der Waals surface area contributed by atoms with Crippen LogP contribution in [0.5, 0.6) is 5.75 Å². The van der Waals surface area contributed by atoms with E-state index >= 15 is 0 Å². The fraction of sp³-hybridized carbons (Fsp3) is 0.700. The highest BCUT2D eigenvalue weighted by atomic mass is 16.5. The summed E-state index contributed by atoms with van der Waals surface area (Å²) in [4.78, 5) is 5.35. The SMILES string of the molecule is CCCN(CCN1CCNCC1)C1CCc2c(cccc2OC)C1. The van der Waals surface area contributed by atoms with Crippen molar-refractivity contribution in [2.45, 2.75) is 38.6 Å². The van der Waals surface area contributed by atoms with Gasteiger partial charge in [-0.2, -0.15) is 0 Å². The van der Waals surface area contributed by atoms with Crippen molar-refractivity contribution in [3.63, 3.8) is 0 Å². The molecule has 1 saturated heterocycles. The van der Waals surface area contributed by atoms with Gasteiger partial charge in [0, 0.05) is 45.3 Å². The van der Waals surface area contributed by atoms with Crippen LogP contribution in [0.1, 0.15) is 30.9 Å². The van der Waals surface area contributed by atoms with Gasteiger partial charge in [0.1, 0.15) is 5.75 Å². The van der Waals surface area contributed by atoms with E-state index in [9.17, 15) is 0 Å². The average Bonchev–Trinajstić information content (AvgIpc) is 2.65. The van der Waals surface area contributed by atoms with E-state index in [-0.39, 0.29) is 0 Å². The number of ether oxygens (including phenoxy) is 1. The summed E-state index contributed by atoms with van der Waals surface area (Å²) < 4.78 is 5.56. The summed E-state index contributed by atoms with van der Waals surface area (Å²) in [5.74, 6) is 1.08. The maximum absolute atomic E-state index is 5.56. The van der Waals surface area contributed by atoms with Gasteiger partial charge in [-0.3, -0.25) is 9.80 Å². The first-order valence-corrected chi connectivity index (χ1v) is 9.63. The van der Waals surface area contributed by atoms with Gasteiger partial charge < -0.3 is 10.1 Å². The topological polar surface area (TPSA) is 27.7 Å². The van der Waals surface area contributed by atoms with Crippen molar-refractivity contribution in [2.24, 2.45) is 0 Å². The van der Waals surface area contributed by atoms with Gasteiger partial charge in [0.25, 0.3) is 0 Å². The molecule has 4 nitrogen and oxygen atoms in total. The Morgan fingerprint density at radius 3 is 2.83 bits per heavy atom. The third-order valence-corrected chi connectivity index (χ3v) is 5.57. The Morgan fingerprint density at radius 2 is 2.08 bits per heavy atom. The number of benzene rings is 1. The molecule has 1 fully saturated rings. The van der Waals surface area contributed by atoms with Crippen molar-refractivity contribution < 1.29 is 4.74 Å². The molecule has 4 heteroatoms. The predicted molar refractivity (Wildman–Crippen MR) is 100.0 cm³/mol. The van der Waals surface area contributed by atoms with Crippen LogP contribution in [-0.4, -0.2) is 68.8 Å². The van der Waals surface area contributed by atoms with Crippen LogP contribution in [-0.2, 0) is 12.8 Å². The van der Waals surface area contributed by atoms with Crippen LogP contribution < -0.4 is 10.1 Å². The summed E-state index contributed by atoms with van der Waals surface area (Å²) in [6.45, 7) is 10.6. The summed E-state index contributed by atoms with van der Waals surface area (Å²) in [7, 11) is 1.79. The van der Waals surface area contributed by atoms with E-state index < -0.39 is 0 Å². The predicted octanol–water partition coefficient (Wildman–Crippen LogP) is 2.17. The van der Waals surface area contributed by atoms with Crippen molar-refractivity contribution >= 4 is 0 Å². The molecule has 24 heavy (non-hydrogen) atoms. The van der Waals surface area contributed by atoms with Gasteiger partial charge in [0.2, 0.25) is 0 Å². The molecule has 3 rings (SSSR count). The molecule has 0 spiro atoms. The number of nitrogens with one attached hydrogen (secondary N) is 1. The first-order valence-electron chi connectivity index (χ1n) is 9.63. The Hall–Kier alpha value is -1.10. The van der Waals surface area contributed by atoms with Crippen molar-refractivity contribution in [3.05, 3.63) is 29.3 Å². The Kier molecular flexibility index (Phi) is 6.52. The molecule has 134 valence electrons. The van der Waals surface area contributed by atoms with Crippen molar-refractivity contribution in [1.82, 2.24) is 15.1 Å². The Balaban J connectivity index is 1.61. The van der Waals surface area contributed by atoms with E-state index in [1.807, 2.05) is 0 Å². The Labute approximate surface area is 147 Å². The fourth-order valence-corrected chi connectivity index (χ4v) is 4.22. The molecule has 0 amide bonds. The fourth-order valence-electron chi connectivity index (χ4n) is 4.22. The minimum absolute atomic E-state index is 0.687. The second-order valence-corrected chi connectivity index (χ2v) is 7.12. The normalized spacial score (nSPS) is 21.7. The number of nitrogens with zero attached hydrogens (tertiary/aromatic N) is 2. The van der Waals surface area contributed by atoms with E-state index in [1.54, 1.807) is 7.11 Å². The van der Waals surface area contributed by atoms with Gasteiger partial charge in [-0.15, -0.1) is 0 Å². The minimum Gasteiger partial charge on any atom is -0.496 e. The molecular weight excluding hydrogens is 298 g/mol. The lowest BCUT2D eigenvalue weighted by Crippen LogP contribution is -2.48. The smallest absolute Gasteiger partial charge is 0.122 e. The first-order chi connectivity index (χ1) is 11.8. The largest absolute Gasteiger partial charge is 0.496 e. The first kappa shape index (κ1) is 17.7. The number of fused-ring (bicyclic) bond motifs is 1. The number of piperazine rings is 1. The maximum atomic E-state index is 5.56. The van der Waals surface area contributed by atoms with Gasteiger partial charge in [0.05, 0.1) is 7.11 Å². The summed E-state index contributed by atoms with van der Waals surface area (Å²) >= 11 is 0. The van der Waals surface area contributed by atoms with Gasteiger partial charge in [-0.25, -0.2) is 0 Å². The Bertz CT molecular complexity index is 514. The highest BCUT2D eigenvalue weighted by Crippen LogP contribution is 2.31. The van der Waals surface area contributed by atoms with Crippen LogP contribution in [0, 0.1) is 0 Å². The molecular formula is C20H33N3O. The molecule has 0 saturated carbocycles. The lowest BCUT2D eigenvalue weighted by Gasteiger charge is -2.37. The quantitative estimate of drug-likeness (QED) is 0.829. The molecule has 1 heterocycles. The van der Waals surface area contributed by atoms with E-state index in [1.165, 1.54) is 63.1 Å². The monoisotopic (exact) mass is 331 g/mol. The maximum Gasteiger partial charge on any atom is 0.122 e. The number of rotatable bonds is 7. The van der Waals surface area contributed by atoms with Crippen LogP contribution in [0.25, 0.3) is 0 Å². The number of hydrogen-bond acceptors (Lipinski definition) is 4. The highest BCUT2D eigenvalue weighted by molar-refractivity contribution is 5.42. The zero-order valence-electron chi connectivity index (χ0n) is 15.4. The summed E-state index contributed by atoms with van der Waals surface area (Å²) in [5.41, 5.74) is 2.93. The molecule has 0 aromatic heterocycles. The molecule has 1 unspecified atom stereocenters. The van der Waals surface area contributed by atoms with Crippen molar-refractivity contribution in [3.8, 4) is 5.75 Å². The van der Waals surface area contributed by atoms with E-state index in [0.717, 1.165) is 25.3 Å². The van der Waals surface area contributed by atoms with Gasteiger partial charge in [-0.05, 0) is 49.4 Å². The number of methoxy groups -OCH3 is 1. The van der Waals surface area contributed by atoms with Crippen LogP contribution in [0.2, 0.25) is 0 Å². The van der Waals surface area contributed by atoms with E-state index in [4.69, 9.17) is 4.74 Å². The lowest BCUT2D eigenvalue weighted by atomic mass is 9.86. The van der Waals surface area contributed by atoms with Crippen molar-refractivity contribution in [2.75, 3.05) is 52.9 Å². The van der Waals surface area contributed by atoms with E-state index in [2.05, 4.69) is 40.2 Å². The Morgan fingerprint density at radius 1 is 1.25 bits per heavy atom. The van der Waals surface area contributed by atoms with Gasteiger partial charge >= 0.3 is 0 Å².